The lowest BCUT2D eigenvalue weighted by atomic mass is 10.1. The summed E-state index contributed by atoms with van der Waals surface area (Å²) in [6, 6.07) is 10.8. The first kappa shape index (κ1) is 21.1. The number of Topliss-reactive ketones (excluding diaryl/α,β-unsaturated/α-hetero) is 1. The van der Waals surface area contributed by atoms with Gasteiger partial charge in [0.15, 0.2) is 23.9 Å². The minimum absolute atomic E-state index is 0.0529. The van der Waals surface area contributed by atoms with E-state index in [9.17, 15) is 18.4 Å². The highest BCUT2D eigenvalue weighted by atomic mass is 19.3. The second-order valence-electron chi connectivity index (χ2n) is 5.98. The molecule has 2 aromatic rings. The van der Waals surface area contributed by atoms with Gasteiger partial charge < -0.3 is 19.1 Å². The van der Waals surface area contributed by atoms with Crippen LogP contribution >= 0.6 is 0 Å². The number of carbonyl (C=O) groups excluding carboxylic acids is 2. The Morgan fingerprint density at radius 1 is 1.07 bits per heavy atom. The minimum atomic E-state index is -2.88. The number of nitrogens with zero attached hydrogens (tertiary/aromatic N) is 1. The van der Waals surface area contributed by atoms with Crippen LogP contribution < -0.4 is 14.2 Å². The van der Waals surface area contributed by atoms with E-state index in [1.54, 1.807) is 37.4 Å². The molecule has 0 atom stereocenters. The van der Waals surface area contributed by atoms with Crippen LogP contribution in [0.2, 0.25) is 0 Å². The molecule has 2 rings (SSSR count). The molecular weight excluding hydrogens is 372 g/mol. The van der Waals surface area contributed by atoms with Crippen molar-refractivity contribution in [3.63, 3.8) is 0 Å². The molecule has 0 unspecified atom stereocenters. The summed E-state index contributed by atoms with van der Waals surface area (Å²) >= 11 is 0. The molecule has 0 saturated heterocycles. The highest BCUT2D eigenvalue weighted by Crippen LogP contribution is 2.28. The Morgan fingerprint density at radius 2 is 1.75 bits per heavy atom. The Kier molecular flexibility index (Phi) is 7.31. The van der Waals surface area contributed by atoms with Crippen molar-refractivity contribution in [1.29, 1.82) is 0 Å². The Labute approximate surface area is 161 Å². The first-order valence-corrected chi connectivity index (χ1v) is 8.39. The zero-order valence-corrected chi connectivity index (χ0v) is 15.8. The molecule has 28 heavy (non-hydrogen) atoms. The minimum Gasteiger partial charge on any atom is -0.493 e. The molecule has 0 aromatic heterocycles. The summed E-state index contributed by atoms with van der Waals surface area (Å²) in [6.45, 7) is -1.38. The van der Waals surface area contributed by atoms with Gasteiger partial charge in [-0.25, -0.2) is 0 Å². The van der Waals surface area contributed by atoms with E-state index < -0.39 is 6.61 Å². The predicted octanol–water partition coefficient (Wildman–Crippen LogP) is 3.54. The van der Waals surface area contributed by atoms with Crippen LogP contribution in [0.15, 0.2) is 42.5 Å². The Balaban J connectivity index is 1.93. The molecule has 0 bridgehead atoms. The van der Waals surface area contributed by atoms with E-state index in [-0.39, 0.29) is 30.6 Å². The number of methoxy groups -OCH3 is 1. The number of hydrogen-bond acceptors (Lipinski definition) is 5. The summed E-state index contributed by atoms with van der Waals surface area (Å²) in [4.78, 5) is 25.2. The van der Waals surface area contributed by atoms with Crippen molar-refractivity contribution in [2.75, 3.05) is 20.8 Å². The first-order valence-electron chi connectivity index (χ1n) is 8.39. The average Bonchev–Trinajstić information content (AvgIpc) is 2.66. The van der Waals surface area contributed by atoms with Crippen LogP contribution in [0.25, 0.3) is 0 Å². The van der Waals surface area contributed by atoms with Gasteiger partial charge in [0.2, 0.25) is 0 Å². The van der Waals surface area contributed by atoms with Crippen molar-refractivity contribution in [2.45, 2.75) is 20.1 Å². The van der Waals surface area contributed by atoms with Crippen molar-refractivity contribution in [1.82, 2.24) is 4.90 Å². The molecule has 2 aromatic carbocycles. The van der Waals surface area contributed by atoms with Crippen LogP contribution in [-0.2, 0) is 11.3 Å². The molecule has 0 heterocycles. The number of likely N-dealkylation sites (N-methyl/N-ethyl adjacent to an activating group) is 1. The summed E-state index contributed by atoms with van der Waals surface area (Å²) < 4.78 is 39.3. The van der Waals surface area contributed by atoms with Gasteiger partial charge >= 0.3 is 6.61 Å². The smallest absolute Gasteiger partial charge is 0.387 e. The number of rotatable bonds is 9. The van der Waals surface area contributed by atoms with Crippen molar-refractivity contribution in [3.05, 3.63) is 53.6 Å². The third kappa shape index (κ3) is 5.94. The molecular formula is C20H21F2NO5. The second-order valence-corrected chi connectivity index (χ2v) is 5.98. The summed E-state index contributed by atoms with van der Waals surface area (Å²) in [5, 5.41) is 0. The van der Waals surface area contributed by atoms with E-state index >= 15 is 0 Å². The number of hydrogen-bond donors (Lipinski definition) is 0. The monoisotopic (exact) mass is 393 g/mol. The third-order valence-electron chi connectivity index (χ3n) is 3.92. The number of amides is 1. The molecule has 0 spiro atoms. The number of ether oxygens (including phenoxy) is 3. The van der Waals surface area contributed by atoms with E-state index in [0.29, 0.717) is 17.1 Å². The van der Waals surface area contributed by atoms with Crippen LogP contribution in [0, 0.1) is 0 Å². The lowest BCUT2D eigenvalue weighted by Gasteiger charge is -2.18. The maximum absolute atomic E-state index is 12.3. The van der Waals surface area contributed by atoms with Gasteiger partial charge in [0.05, 0.1) is 7.11 Å². The standard InChI is InChI=1S/C20H21F2NO5/c1-13(24)15-6-9-17(18(10-15)26-3)27-12-19(25)23(2)11-14-4-7-16(8-5-14)28-20(21)22/h4-10,20H,11-12H2,1-3H3. The molecule has 0 saturated carbocycles. The summed E-state index contributed by atoms with van der Waals surface area (Å²) in [7, 11) is 3.05. The SMILES string of the molecule is COc1cc(C(C)=O)ccc1OCC(=O)N(C)Cc1ccc(OC(F)F)cc1. The largest absolute Gasteiger partial charge is 0.493 e. The Hall–Kier alpha value is -3.16. The molecule has 8 heteroatoms. The van der Waals surface area contributed by atoms with Crippen molar-refractivity contribution >= 4 is 11.7 Å². The van der Waals surface area contributed by atoms with Crippen molar-refractivity contribution < 1.29 is 32.6 Å². The lowest BCUT2D eigenvalue weighted by Crippen LogP contribution is -2.31. The van der Waals surface area contributed by atoms with Crippen LogP contribution in [-0.4, -0.2) is 44.0 Å². The lowest BCUT2D eigenvalue weighted by molar-refractivity contribution is -0.132. The first-order chi connectivity index (χ1) is 13.3. The van der Waals surface area contributed by atoms with Gasteiger partial charge in [0, 0.05) is 19.2 Å². The van der Waals surface area contributed by atoms with Gasteiger partial charge in [0.25, 0.3) is 5.91 Å². The van der Waals surface area contributed by atoms with Gasteiger partial charge in [-0.2, -0.15) is 8.78 Å². The molecule has 0 N–H and O–H groups in total. The van der Waals surface area contributed by atoms with Crippen molar-refractivity contribution in [2.24, 2.45) is 0 Å². The average molecular weight is 393 g/mol. The van der Waals surface area contributed by atoms with Crippen LogP contribution in [0.1, 0.15) is 22.8 Å². The number of alkyl halides is 2. The number of halogens is 2. The van der Waals surface area contributed by atoms with E-state index in [4.69, 9.17) is 9.47 Å². The number of benzene rings is 2. The summed E-state index contributed by atoms with van der Waals surface area (Å²) in [5.41, 5.74) is 1.23. The molecule has 6 nitrogen and oxygen atoms in total. The van der Waals surface area contributed by atoms with Crippen LogP contribution in [0.3, 0.4) is 0 Å². The van der Waals surface area contributed by atoms with Crippen LogP contribution in [0.4, 0.5) is 8.78 Å². The normalized spacial score (nSPS) is 10.5. The van der Waals surface area contributed by atoms with E-state index in [0.717, 1.165) is 5.56 Å². The second kappa shape index (κ2) is 9.68. The highest BCUT2D eigenvalue weighted by Gasteiger charge is 2.14. The number of ketones is 1. The highest BCUT2D eigenvalue weighted by molar-refractivity contribution is 5.94. The van der Waals surface area contributed by atoms with E-state index in [1.165, 1.54) is 31.1 Å². The summed E-state index contributed by atoms with van der Waals surface area (Å²) in [6.07, 6.45) is 0. The summed E-state index contributed by atoms with van der Waals surface area (Å²) in [5.74, 6) is 0.369. The number of carbonyl (C=O) groups is 2. The van der Waals surface area contributed by atoms with Crippen LogP contribution in [0.5, 0.6) is 17.2 Å². The van der Waals surface area contributed by atoms with Gasteiger partial charge in [-0.15, -0.1) is 0 Å². The molecule has 0 aliphatic carbocycles. The maximum atomic E-state index is 12.3. The van der Waals surface area contributed by atoms with E-state index in [2.05, 4.69) is 4.74 Å². The van der Waals surface area contributed by atoms with Gasteiger partial charge in [0.1, 0.15) is 5.75 Å². The molecule has 150 valence electrons. The van der Waals surface area contributed by atoms with E-state index in [1.807, 2.05) is 0 Å². The fraction of sp³-hybridized carbons (Fsp3) is 0.300. The maximum Gasteiger partial charge on any atom is 0.387 e. The van der Waals surface area contributed by atoms with Gasteiger partial charge in [-0.05, 0) is 42.8 Å². The molecule has 0 aliphatic heterocycles. The Bertz CT molecular complexity index is 824. The topological polar surface area (TPSA) is 65.1 Å². The molecule has 0 aliphatic rings. The zero-order valence-electron chi connectivity index (χ0n) is 15.8. The molecule has 1 amide bonds. The third-order valence-corrected chi connectivity index (χ3v) is 3.92. The fourth-order valence-corrected chi connectivity index (χ4v) is 2.39. The van der Waals surface area contributed by atoms with Gasteiger partial charge in [-0.3, -0.25) is 9.59 Å². The quantitative estimate of drug-likeness (QED) is 0.610. The van der Waals surface area contributed by atoms with Gasteiger partial charge in [-0.1, -0.05) is 12.1 Å². The van der Waals surface area contributed by atoms with Crippen molar-refractivity contribution in [3.8, 4) is 17.2 Å². The molecule has 0 fully saturated rings. The Morgan fingerprint density at radius 3 is 2.32 bits per heavy atom. The zero-order chi connectivity index (χ0) is 20.7. The predicted molar refractivity (Wildman–Crippen MR) is 98.0 cm³/mol. The molecule has 0 radical (unpaired) electrons. The fourth-order valence-electron chi connectivity index (χ4n) is 2.39.